The second-order valence-electron chi connectivity index (χ2n) is 5.89. The molecule has 1 aliphatic rings. The summed E-state index contributed by atoms with van der Waals surface area (Å²) in [6.07, 6.45) is 2.81. The zero-order valence-electron chi connectivity index (χ0n) is 14.5. The molecule has 24 heavy (non-hydrogen) atoms. The first-order chi connectivity index (χ1) is 11.5. The number of likely N-dealkylation sites (tertiary alicyclic amines) is 1. The molecule has 1 aromatic rings. The second-order valence-corrected chi connectivity index (χ2v) is 5.89. The van der Waals surface area contributed by atoms with Crippen LogP contribution in [0.3, 0.4) is 0 Å². The summed E-state index contributed by atoms with van der Waals surface area (Å²) < 4.78 is 5.14. The average Bonchev–Trinajstić information content (AvgIpc) is 3.26. The van der Waals surface area contributed by atoms with Crippen LogP contribution in [0.25, 0.3) is 0 Å². The van der Waals surface area contributed by atoms with E-state index in [0.717, 1.165) is 6.42 Å². The van der Waals surface area contributed by atoms with E-state index >= 15 is 0 Å². The molecule has 132 valence electrons. The van der Waals surface area contributed by atoms with Crippen molar-refractivity contribution in [3.05, 3.63) is 24.2 Å². The summed E-state index contributed by atoms with van der Waals surface area (Å²) in [4.78, 5) is 42.0. The molecule has 0 aliphatic carbocycles. The molecular weight excluding hydrogens is 310 g/mol. The molecule has 3 amide bonds. The van der Waals surface area contributed by atoms with Gasteiger partial charge in [-0.2, -0.15) is 0 Å². The van der Waals surface area contributed by atoms with E-state index in [2.05, 4.69) is 0 Å². The molecular formula is C17H25N3O4. The number of likely N-dealkylation sites (N-methyl/N-ethyl adjacent to an activating group) is 2. The Morgan fingerprint density at radius 3 is 2.58 bits per heavy atom. The highest BCUT2D eigenvalue weighted by Crippen LogP contribution is 2.22. The van der Waals surface area contributed by atoms with Crippen molar-refractivity contribution in [2.24, 2.45) is 0 Å². The zero-order chi connectivity index (χ0) is 17.7. The number of carbonyl (C=O) groups is 3. The van der Waals surface area contributed by atoms with E-state index in [4.69, 9.17) is 4.42 Å². The molecule has 1 aliphatic heterocycles. The molecule has 2 rings (SSSR count). The SMILES string of the molecule is CCN(CC)C(=O)CN(C)C(=O)C1CCCN1C(=O)c1ccco1. The third kappa shape index (κ3) is 3.77. The van der Waals surface area contributed by atoms with Crippen LogP contribution in [0, 0.1) is 0 Å². The first kappa shape index (κ1) is 18.0. The maximum atomic E-state index is 12.7. The summed E-state index contributed by atoms with van der Waals surface area (Å²) in [6.45, 7) is 5.59. The molecule has 0 bridgehead atoms. The summed E-state index contributed by atoms with van der Waals surface area (Å²) in [5.74, 6) is -0.332. The summed E-state index contributed by atoms with van der Waals surface area (Å²) >= 11 is 0. The number of hydrogen-bond acceptors (Lipinski definition) is 4. The summed E-state index contributed by atoms with van der Waals surface area (Å²) in [6, 6.07) is 2.71. The minimum Gasteiger partial charge on any atom is -0.459 e. The molecule has 0 saturated carbocycles. The van der Waals surface area contributed by atoms with E-state index in [1.165, 1.54) is 11.2 Å². The molecule has 0 N–H and O–H groups in total. The lowest BCUT2D eigenvalue weighted by Gasteiger charge is -2.28. The van der Waals surface area contributed by atoms with Gasteiger partial charge in [0.2, 0.25) is 11.8 Å². The van der Waals surface area contributed by atoms with Crippen molar-refractivity contribution in [1.29, 1.82) is 0 Å². The highest BCUT2D eigenvalue weighted by Gasteiger charge is 2.37. The van der Waals surface area contributed by atoms with Crippen molar-refractivity contribution in [3.63, 3.8) is 0 Å². The van der Waals surface area contributed by atoms with Crippen LogP contribution in [0.2, 0.25) is 0 Å². The molecule has 0 aromatic carbocycles. The maximum absolute atomic E-state index is 12.7. The standard InChI is InChI=1S/C17H25N3O4/c1-4-19(5-2)15(21)12-18(3)16(22)13-8-6-10-20(13)17(23)14-9-7-11-24-14/h7,9,11,13H,4-6,8,10,12H2,1-3H3. The number of rotatable bonds is 6. The smallest absolute Gasteiger partial charge is 0.290 e. The minimum atomic E-state index is -0.530. The summed E-state index contributed by atoms with van der Waals surface area (Å²) in [5, 5.41) is 0. The van der Waals surface area contributed by atoms with Crippen LogP contribution in [0.1, 0.15) is 37.2 Å². The predicted molar refractivity (Wildman–Crippen MR) is 88.3 cm³/mol. The van der Waals surface area contributed by atoms with Gasteiger partial charge in [-0.1, -0.05) is 0 Å². The number of nitrogens with zero attached hydrogens (tertiary/aromatic N) is 3. The number of furan rings is 1. The van der Waals surface area contributed by atoms with Gasteiger partial charge < -0.3 is 19.1 Å². The number of carbonyl (C=O) groups excluding carboxylic acids is 3. The average molecular weight is 335 g/mol. The lowest BCUT2D eigenvalue weighted by Crippen LogP contribution is -2.49. The second kappa shape index (κ2) is 7.99. The van der Waals surface area contributed by atoms with Gasteiger partial charge in [-0.15, -0.1) is 0 Å². The van der Waals surface area contributed by atoms with Crippen LogP contribution < -0.4 is 0 Å². The molecule has 2 heterocycles. The predicted octanol–water partition coefficient (Wildman–Crippen LogP) is 1.21. The molecule has 1 aromatic heterocycles. The lowest BCUT2D eigenvalue weighted by molar-refractivity contribution is -0.141. The molecule has 7 nitrogen and oxygen atoms in total. The Hall–Kier alpha value is -2.31. The van der Waals surface area contributed by atoms with Gasteiger partial charge in [0.15, 0.2) is 5.76 Å². The zero-order valence-corrected chi connectivity index (χ0v) is 14.5. The molecule has 1 saturated heterocycles. The Kier molecular flexibility index (Phi) is 6.00. The first-order valence-corrected chi connectivity index (χ1v) is 8.36. The van der Waals surface area contributed by atoms with Crippen molar-refractivity contribution >= 4 is 17.7 Å². The van der Waals surface area contributed by atoms with Crippen LogP contribution in [0.5, 0.6) is 0 Å². The first-order valence-electron chi connectivity index (χ1n) is 8.36. The van der Waals surface area contributed by atoms with Crippen molar-refractivity contribution in [2.75, 3.05) is 33.2 Å². The Labute approximate surface area is 142 Å². The molecule has 1 fully saturated rings. The van der Waals surface area contributed by atoms with Gasteiger partial charge in [-0.05, 0) is 38.8 Å². The van der Waals surface area contributed by atoms with Crippen molar-refractivity contribution in [3.8, 4) is 0 Å². The van der Waals surface area contributed by atoms with Crippen molar-refractivity contribution in [2.45, 2.75) is 32.7 Å². The fraction of sp³-hybridized carbons (Fsp3) is 0.588. The van der Waals surface area contributed by atoms with Crippen LogP contribution in [0.15, 0.2) is 22.8 Å². The van der Waals surface area contributed by atoms with E-state index in [-0.39, 0.29) is 30.0 Å². The number of hydrogen-bond donors (Lipinski definition) is 0. The molecule has 0 radical (unpaired) electrons. The Morgan fingerprint density at radius 2 is 2.00 bits per heavy atom. The molecule has 7 heteroatoms. The summed E-state index contributed by atoms with van der Waals surface area (Å²) in [7, 11) is 1.61. The maximum Gasteiger partial charge on any atom is 0.290 e. The third-order valence-electron chi connectivity index (χ3n) is 4.40. The van der Waals surface area contributed by atoms with Gasteiger partial charge in [0.1, 0.15) is 6.04 Å². The highest BCUT2D eigenvalue weighted by atomic mass is 16.3. The Balaban J connectivity index is 2.02. The van der Waals surface area contributed by atoms with Crippen LogP contribution in [-0.2, 0) is 9.59 Å². The minimum absolute atomic E-state index is 0.0276. The van der Waals surface area contributed by atoms with E-state index < -0.39 is 6.04 Å². The highest BCUT2D eigenvalue weighted by molar-refractivity contribution is 5.96. The van der Waals surface area contributed by atoms with Crippen LogP contribution >= 0.6 is 0 Å². The van der Waals surface area contributed by atoms with Crippen molar-refractivity contribution in [1.82, 2.24) is 14.7 Å². The van der Waals surface area contributed by atoms with Gasteiger partial charge >= 0.3 is 0 Å². The molecule has 1 unspecified atom stereocenters. The van der Waals surface area contributed by atoms with Crippen LogP contribution in [-0.4, -0.2) is 71.7 Å². The topological polar surface area (TPSA) is 74.1 Å². The van der Waals surface area contributed by atoms with Gasteiger partial charge in [0.25, 0.3) is 5.91 Å². The molecule has 1 atom stereocenters. The monoisotopic (exact) mass is 335 g/mol. The van der Waals surface area contributed by atoms with E-state index in [1.807, 2.05) is 13.8 Å². The van der Waals surface area contributed by atoms with Gasteiger partial charge in [-0.25, -0.2) is 0 Å². The van der Waals surface area contributed by atoms with Crippen LogP contribution in [0.4, 0.5) is 0 Å². The van der Waals surface area contributed by atoms with Crippen molar-refractivity contribution < 1.29 is 18.8 Å². The largest absolute Gasteiger partial charge is 0.459 e. The summed E-state index contributed by atoms with van der Waals surface area (Å²) in [5.41, 5.74) is 0. The number of amides is 3. The van der Waals surface area contributed by atoms with E-state index in [9.17, 15) is 14.4 Å². The Bertz CT molecular complexity index is 581. The van der Waals surface area contributed by atoms with E-state index in [1.54, 1.807) is 29.0 Å². The quantitative estimate of drug-likeness (QED) is 0.783. The Morgan fingerprint density at radius 1 is 1.29 bits per heavy atom. The fourth-order valence-corrected chi connectivity index (χ4v) is 3.02. The molecule has 0 spiro atoms. The van der Waals surface area contributed by atoms with Gasteiger partial charge in [0.05, 0.1) is 12.8 Å². The lowest BCUT2D eigenvalue weighted by atomic mass is 10.2. The third-order valence-corrected chi connectivity index (χ3v) is 4.40. The normalized spacial score (nSPS) is 17.0. The fourth-order valence-electron chi connectivity index (χ4n) is 3.02. The van der Waals surface area contributed by atoms with Gasteiger partial charge in [0, 0.05) is 26.7 Å². The van der Waals surface area contributed by atoms with E-state index in [0.29, 0.717) is 26.1 Å². The van der Waals surface area contributed by atoms with Gasteiger partial charge in [-0.3, -0.25) is 14.4 Å².